The molecule has 2 aliphatic heterocycles. The molecule has 0 radical (unpaired) electrons. The molecule has 2 saturated heterocycles. The van der Waals surface area contributed by atoms with Crippen LogP contribution in [0.1, 0.15) is 32.1 Å². The van der Waals surface area contributed by atoms with Crippen LogP contribution in [0.4, 0.5) is 0 Å². The third kappa shape index (κ3) is 4.18. The number of amides is 1. The van der Waals surface area contributed by atoms with E-state index in [1.54, 1.807) is 11.9 Å². The Labute approximate surface area is 115 Å². The molecule has 0 aliphatic carbocycles. The monoisotopic (exact) mass is 288 g/mol. The van der Waals surface area contributed by atoms with Crippen molar-refractivity contribution in [2.24, 2.45) is 5.92 Å². The number of hydrogen-bond acceptors (Lipinski definition) is 4. The second-order valence-corrected chi connectivity index (χ2v) is 8.04. The molecular weight excluding hydrogens is 264 g/mol. The third-order valence-corrected chi connectivity index (χ3v) is 6.07. The minimum absolute atomic E-state index is 0.0904. The summed E-state index contributed by atoms with van der Waals surface area (Å²) >= 11 is 0. The van der Waals surface area contributed by atoms with E-state index >= 15 is 0 Å². The lowest BCUT2D eigenvalue weighted by Crippen LogP contribution is -2.38. The predicted octanol–water partition coefficient (Wildman–Crippen LogP) is 0.412. The van der Waals surface area contributed by atoms with Crippen LogP contribution < -0.4 is 5.32 Å². The van der Waals surface area contributed by atoms with E-state index in [1.807, 2.05) is 0 Å². The van der Waals surface area contributed by atoms with Crippen molar-refractivity contribution in [2.75, 3.05) is 31.6 Å². The van der Waals surface area contributed by atoms with Crippen molar-refractivity contribution in [3.8, 4) is 0 Å². The van der Waals surface area contributed by atoms with Crippen LogP contribution in [0.15, 0.2) is 0 Å². The first-order valence-corrected chi connectivity index (χ1v) is 8.97. The second kappa shape index (κ2) is 6.22. The van der Waals surface area contributed by atoms with Gasteiger partial charge in [-0.15, -0.1) is 0 Å². The number of nitrogens with one attached hydrogen (secondary N) is 1. The van der Waals surface area contributed by atoms with Crippen LogP contribution in [0.3, 0.4) is 0 Å². The fraction of sp³-hybridized carbons (Fsp3) is 0.923. The van der Waals surface area contributed by atoms with Crippen molar-refractivity contribution in [3.63, 3.8) is 0 Å². The fourth-order valence-corrected chi connectivity index (χ4v) is 4.73. The minimum Gasteiger partial charge on any atom is -0.342 e. The topological polar surface area (TPSA) is 66.5 Å². The first-order valence-electron chi connectivity index (χ1n) is 7.15. The second-order valence-electron chi connectivity index (χ2n) is 5.81. The Bertz CT molecular complexity index is 416. The average molecular weight is 288 g/mol. The Morgan fingerprint density at radius 3 is 2.74 bits per heavy atom. The van der Waals surface area contributed by atoms with Crippen LogP contribution in [-0.4, -0.2) is 56.9 Å². The highest BCUT2D eigenvalue weighted by atomic mass is 32.2. The van der Waals surface area contributed by atoms with E-state index in [2.05, 4.69) is 5.32 Å². The number of piperidine rings is 1. The van der Waals surface area contributed by atoms with Crippen molar-refractivity contribution < 1.29 is 13.2 Å². The van der Waals surface area contributed by atoms with Gasteiger partial charge in [0.25, 0.3) is 0 Å². The highest BCUT2D eigenvalue weighted by molar-refractivity contribution is 7.91. The Balaban J connectivity index is 1.76. The van der Waals surface area contributed by atoms with Crippen molar-refractivity contribution in [3.05, 3.63) is 0 Å². The highest BCUT2D eigenvalue weighted by Gasteiger charge is 2.32. The lowest BCUT2D eigenvalue weighted by atomic mass is 9.94. The van der Waals surface area contributed by atoms with E-state index in [0.29, 0.717) is 18.8 Å². The number of hydrogen-bond donors (Lipinski definition) is 1. The van der Waals surface area contributed by atoms with Gasteiger partial charge in [-0.2, -0.15) is 0 Å². The first kappa shape index (κ1) is 14.8. The molecule has 0 spiro atoms. The lowest BCUT2D eigenvalue weighted by molar-refractivity contribution is -0.131. The highest BCUT2D eigenvalue weighted by Crippen LogP contribution is 2.20. The Morgan fingerprint density at radius 2 is 2.16 bits per heavy atom. The van der Waals surface area contributed by atoms with Crippen LogP contribution in [0.2, 0.25) is 0 Å². The molecule has 1 amide bonds. The summed E-state index contributed by atoms with van der Waals surface area (Å²) in [6, 6.07) is -0.109. The summed E-state index contributed by atoms with van der Waals surface area (Å²) in [7, 11) is -1.17. The van der Waals surface area contributed by atoms with Gasteiger partial charge < -0.3 is 10.2 Å². The number of sulfone groups is 1. The molecule has 0 aromatic heterocycles. The van der Waals surface area contributed by atoms with Crippen molar-refractivity contribution in [2.45, 2.75) is 38.1 Å². The largest absolute Gasteiger partial charge is 0.342 e. The Morgan fingerprint density at radius 1 is 1.37 bits per heavy atom. The molecule has 2 rings (SSSR count). The summed E-state index contributed by atoms with van der Waals surface area (Å²) in [5, 5.41) is 3.35. The predicted molar refractivity (Wildman–Crippen MR) is 74.7 cm³/mol. The van der Waals surface area contributed by atoms with E-state index in [0.717, 1.165) is 19.5 Å². The molecule has 5 nitrogen and oxygen atoms in total. The van der Waals surface area contributed by atoms with Crippen LogP contribution in [0, 0.1) is 5.92 Å². The molecule has 110 valence electrons. The smallest absolute Gasteiger partial charge is 0.222 e. The van der Waals surface area contributed by atoms with Gasteiger partial charge >= 0.3 is 0 Å². The summed E-state index contributed by atoms with van der Waals surface area (Å²) in [4.78, 5) is 13.7. The van der Waals surface area contributed by atoms with Gasteiger partial charge in [0.15, 0.2) is 9.84 Å². The Kier molecular flexibility index (Phi) is 4.84. The molecule has 2 atom stereocenters. The van der Waals surface area contributed by atoms with Crippen LogP contribution in [0.25, 0.3) is 0 Å². The maximum atomic E-state index is 12.1. The maximum absolute atomic E-state index is 12.1. The van der Waals surface area contributed by atoms with E-state index in [9.17, 15) is 13.2 Å². The average Bonchev–Trinajstić information content (AvgIpc) is 2.76. The number of rotatable bonds is 4. The number of carbonyl (C=O) groups is 1. The summed E-state index contributed by atoms with van der Waals surface area (Å²) in [5.74, 6) is 1.05. The van der Waals surface area contributed by atoms with Crippen molar-refractivity contribution in [1.82, 2.24) is 10.2 Å². The lowest BCUT2D eigenvalue weighted by Gasteiger charge is -2.26. The van der Waals surface area contributed by atoms with Crippen LogP contribution in [-0.2, 0) is 14.6 Å². The van der Waals surface area contributed by atoms with Gasteiger partial charge in [0.1, 0.15) is 0 Å². The summed E-state index contributed by atoms with van der Waals surface area (Å²) < 4.78 is 22.9. The van der Waals surface area contributed by atoms with E-state index in [4.69, 9.17) is 0 Å². The number of carbonyl (C=O) groups excluding carboxylic acids is 1. The van der Waals surface area contributed by atoms with E-state index in [-0.39, 0.29) is 23.5 Å². The van der Waals surface area contributed by atoms with Gasteiger partial charge in [0.05, 0.1) is 11.5 Å². The van der Waals surface area contributed by atoms with Crippen LogP contribution >= 0.6 is 0 Å². The zero-order chi connectivity index (χ0) is 13.9. The molecule has 1 N–H and O–H groups in total. The molecular formula is C13H24N2O3S. The molecule has 2 aliphatic rings. The van der Waals surface area contributed by atoms with Gasteiger partial charge in [-0.1, -0.05) is 0 Å². The molecule has 19 heavy (non-hydrogen) atoms. The molecule has 0 bridgehead atoms. The van der Waals surface area contributed by atoms with Crippen molar-refractivity contribution >= 4 is 15.7 Å². The summed E-state index contributed by atoms with van der Waals surface area (Å²) in [6.07, 6.45) is 4.43. The number of nitrogens with zero attached hydrogens (tertiary/aromatic N) is 1. The molecule has 0 saturated carbocycles. The minimum atomic E-state index is -2.91. The van der Waals surface area contributed by atoms with Gasteiger partial charge in [-0.3, -0.25) is 4.79 Å². The third-order valence-electron chi connectivity index (χ3n) is 4.31. The SMILES string of the molecule is CN(C(=O)CCC1CCCNC1)C1CCS(=O)(=O)C1. The Hall–Kier alpha value is -0.620. The van der Waals surface area contributed by atoms with E-state index in [1.165, 1.54) is 12.8 Å². The molecule has 2 fully saturated rings. The summed E-state index contributed by atoms with van der Waals surface area (Å²) in [5.41, 5.74) is 0. The van der Waals surface area contributed by atoms with E-state index < -0.39 is 9.84 Å². The van der Waals surface area contributed by atoms with Crippen LogP contribution in [0.5, 0.6) is 0 Å². The fourth-order valence-electron chi connectivity index (χ4n) is 2.96. The van der Waals surface area contributed by atoms with Gasteiger partial charge in [0, 0.05) is 19.5 Å². The molecule has 0 aromatic carbocycles. The summed E-state index contributed by atoms with van der Waals surface area (Å²) in [6.45, 7) is 2.10. The van der Waals surface area contributed by atoms with Gasteiger partial charge in [-0.25, -0.2) is 8.42 Å². The van der Waals surface area contributed by atoms with Crippen molar-refractivity contribution in [1.29, 1.82) is 0 Å². The standard InChI is InChI=1S/C13H24N2O3S/c1-15(12-6-8-19(17,18)10-12)13(16)5-4-11-3-2-7-14-9-11/h11-12,14H,2-10H2,1H3. The quantitative estimate of drug-likeness (QED) is 0.814. The zero-order valence-corrected chi connectivity index (χ0v) is 12.4. The maximum Gasteiger partial charge on any atom is 0.222 e. The molecule has 0 aromatic rings. The zero-order valence-electron chi connectivity index (χ0n) is 11.6. The molecule has 6 heteroatoms. The van der Waals surface area contributed by atoms with Gasteiger partial charge in [-0.05, 0) is 44.7 Å². The molecule has 2 unspecified atom stereocenters. The van der Waals surface area contributed by atoms with Gasteiger partial charge in [0.2, 0.25) is 5.91 Å². The molecule has 2 heterocycles. The normalized spacial score (nSPS) is 30.2. The first-order chi connectivity index (χ1) is 8.98.